The number of benzene rings is 4. The third kappa shape index (κ3) is 6.77. The van der Waals surface area contributed by atoms with Crippen LogP contribution in [0.1, 0.15) is 22.3 Å². The summed E-state index contributed by atoms with van der Waals surface area (Å²) >= 11 is -0.797. The van der Waals surface area contributed by atoms with E-state index in [1.54, 1.807) is 14.0 Å². The van der Waals surface area contributed by atoms with Crippen LogP contribution >= 0.6 is 0 Å². The zero-order valence-electron chi connectivity index (χ0n) is 18.1. The van der Waals surface area contributed by atoms with Crippen molar-refractivity contribution in [3.63, 3.8) is 0 Å². The minimum absolute atomic E-state index is 0.399. The molecule has 0 nitrogen and oxygen atoms in total. The molecule has 4 aromatic carbocycles. The molecular weight excluding hydrogens is 580 g/mol. The second-order valence-corrected chi connectivity index (χ2v) is 14.1. The molecule has 2 heteroatoms. The summed E-state index contributed by atoms with van der Waals surface area (Å²) in [7, 11) is 0. The number of aryl methyl sites for hydroxylation is 4. The Bertz CT molecular complexity index is 923. The first-order valence-corrected chi connectivity index (χ1v) is 15.3. The quantitative estimate of drug-likeness (QED) is 0.309. The molecule has 0 saturated carbocycles. The molecule has 0 aliphatic heterocycles. The van der Waals surface area contributed by atoms with Gasteiger partial charge in [0, 0.05) is 0 Å². The summed E-state index contributed by atoms with van der Waals surface area (Å²) in [5.74, 6) is 0. The first-order chi connectivity index (χ1) is 14.5. The van der Waals surface area contributed by atoms with Crippen LogP contribution in [0.4, 0.5) is 0 Å². The van der Waals surface area contributed by atoms with Gasteiger partial charge in [-0.2, -0.15) is 0 Å². The molecule has 0 N–H and O–H groups in total. The number of rotatable bonds is 4. The Balaban J connectivity index is 0.000000171. The molecule has 4 aromatic rings. The van der Waals surface area contributed by atoms with Gasteiger partial charge in [0.15, 0.2) is 0 Å². The van der Waals surface area contributed by atoms with Crippen LogP contribution in [0.2, 0.25) is 0 Å². The molecule has 0 aliphatic rings. The van der Waals surface area contributed by atoms with Gasteiger partial charge in [0.25, 0.3) is 0 Å². The maximum absolute atomic E-state index is 2.28. The van der Waals surface area contributed by atoms with Crippen LogP contribution in [0.25, 0.3) is 0 Å². The van der Waals surface area contributed by atoms with Gasteiger partial charge in [-0.25, -0.2) is 0 Å². The molecule has 0 amide bonds. The third-order valence-corrected chi connectivity index (χ3v) is 13.4. The van der Waals surface area contributed by atoms with Crippen molar-refractivity contribution < 1.29 is 0 Å². The topological polar surface area (TPSA) is 0 Å². The van der Waals surface area contributed by atoms with E-state index in [9.17, 15) is 0 Å². The van der Waals surface area contributed by atoms with Crippen LogP contribution in [-0.4, -0.2) is 43.2 Å². The van der Waals surface area contributed by atoms with E-state index < -0.39 is 43.2 Å². The molecule has 0 fully saturated rings. The minimum atomic E-state index is -0.399. The van der Waals surface area contributed by atoms with Crippen LogP contribution in [0, 0.1) is 27.7 Å². The Morgan fingerprint density at radius 2 is 0.533 bits per heavy atom. The Kier molecular flexibility index (Phi) is 9.11. The van der Waals surface area contributed by atoms with Crippen molar-refractivity contribution in [2.45, 2.75) is 27.7 Å². The maximum atomic E-state index is 2.28. The predicted octanol–water partition coefficient (Wildman–Crippen LogP) is 3.92. The van der Waals surface area contributed by atoms with Gasteiger partial charge >= 0.3 is 204 Å². The molecule has 150 valence electrons. The van der Waals surface area contributed by atoms with Gasteiger partial charge in [0.1, 0.15) is 0 Å². The first kappa shape index (κ1) is 23.2. The Labute approximate surface area is 202 Å². The zero-order valence-corrected chi connectivity index (χ0v) is 23.2. The molecule has 0 saturated heterocycles. The fraction of sp³-hybridized carbons (Fsp3) is 0.143. The Morgan fingerprint density at radius 1 is 0.333 bits per heavy atom. The average molecular weight is 608 g/mol. The summed E-state index contributed by atoms with van der Waals surface area (Å²) in [6, 6.07) is 35.0. The molecule has 4 rings (SSSR count). The van der Waals surface area contributed by atoms with Crippen molar-refractivity contribution in [1.29, 1.82) is 0 Å². The van der Waals surface area contributed by atoms with E-state index in [1.807, 2.05) is 0 Å². The van der Waals surface area contributed by atoms with Crippen molar-refractivity contribution in [3.05, 3.63) is 119 Å². The Hall–Kier alpha value is -1.48. The van der Waals surface area contributed by atoms with E-state index in [1.165, 1.54) is 22.3 Å². The number of hydrogen-bond donors (Lipinski definition) is 0. The molecule has 0 unspecified atom stereocenters. The van der Waals surface area contributed by atoms with E-state index in [0.717, 1.165) is 0 Å². The van der Waals surface area contributed by atoms with Crippen molar-refractivity contribution >= 4 is 57.3 Å². The normalized spacial score (nSPS) is 10.3. The summed E-state index contributed by atoms with van der Waals surface area (Å²) in [6.45, 7) is 8.85. The second-order valence-electron chi connectivity index (χ2n) is 7.37. The average Bonchev–Trinajstić information content (AvgIpc) is 2.75. The summed E-state index contributed by atoms with van der Waals surface area (Å²) in [5.41, 5.74) is 5.77. The van der Waals surface area contributed by atoms with Crippen molar-refractivity contribution in [3.8, 4) is 0 Å². The van der Waals surface area contributed by atoms with Crippen LogP contribution in [0.3, 0.4) is 0 Å². The molecule has 0 aromatic heterocycles. The van der Waals surface area contributed by atoms with Crippen molar-refractivity contribution in [2.24, 2.45) is 0 Å². The molecule has 0 spiro atoms. The van der Waals surface area contributed by atoms with E-state index >= 15 is 0 Å². The van der Waals surface area contributed by atoms with Gasteiger partial charge in [-0.1, -0.05) is 0 Å². The van der Waals surface area contributed by atoms with E-state index in [2.05, 4.69) is 125 Å². The monoisotopic (exact) mass is 606 g/mol. The van der Waals surface area contributed by atoms with Gasteiger partial charge in [0.05, 0.1) is 0 Å². The van der Waals surface area contributed by atoms with Gasteiger partial charge < -0.3 is 0 Å². The first-order valence-electron chi connectivity index (χ1n) is 10.2. The second kappa shape index (κ2) is 11.8. The Morgan fingerprint density at radius 3 is 0.733 bits per heavy atom. The standard InChI is InChI=1S/4C7H7.2Sb/c4*1-7-5-3-2-4-6-7;;/h4*2-5H,1H3;;. The van der Waals surface area contributed by atoms with Crippen LogP contribution in [0.15, 0.2) is 97.1 Å². The van der Waals surface area contributed by atoms with Crippen LogP contribution in [0.5, 0.6) is 0 Å². The van der Waals surface area contributed by atoms with Gasteiger partial charge in [0.2, 0.25) is 0 Å². The molecular formula is C28H28Sb2. The summed E-state index contributed by atoms with van der Waals surface area (Å²) in [6.07, 6.45) is 0. The predicted molar refractivity (Wildman–Crippen MR) is 135 cm³/mol. The van der Waals surface area contributed by atoms with Gasteiger partial charge in [-0.3, -0.25) is 0 Å². The number of hydrogen-bond acceptors (Lipinski definition) is 0. The molecule has 0 aliphatic carbocycles. The summed E-state index contributed by atoms with van der Waals surface area (Å²) in [5, 5.41) is 0. The molecule has 0 bridgehead atoms. The van der Waals surface area contributed by atoms with E-state index in [4.69, 9.17) is 0 Å². The fourth-order valence-corrected chi connectivity index (χ4v) is 9.19. The third-order valence-electron chi connectivity index (χ3n) is 4.94. The zero-order chi connectivity index (χ0) is 21.3. The van der Waals surface area contributed by atoms with Crippen LogP contribution in [-0.2, 0) is 0 Å². The molecule has 0 heterocycles. The van der Waals surface area contributed by atoms with E-state index in [0.29, 0.717) is 0 Å². The SMILES string of the molecule is Cc1cccc[c]1[Sb][c]1ccccc1C.Cc1cccc[c]1[Sb][c]1ccccc1C. The molecule has 0 atom stereocenters. The van der Waals surface area contributed by atoms with Crippen molar-refractivity contribution in [2.75, 3.05) is 0 Å². The van der Waals surface area contributed by atoms with Gasteiger partial charge in [-0.05, 0) is 0 Å². The van der Waals surface area contributed by atoms with Gasteiger partial charge in [-0.15, -0.1) is 0 Å². The molecule has 2 radical (unpaired) electrons. The van der Waals surface area contributed by atoms with E-state index in [-0.39, 0.29) is 0 Å². The summed E-state index contributed by atoms with van der Waals surface area (Å²) < 4.78 is 6.29. The summed E-state index contributed by atoms with van der Waals surface area (Å²) in [4.78, 5) is 0. The molecule has 30 heavy (non-hydrogen) atoms. The van der Waals surface area contributed by atoms with Crippen LogP contribution < -0.4 is 14.0 Å². The van der Waals surface area contributed by atoms with Crippen molar-refractivity contribution in [1.82, 2.24) is 0 Å². The fourth-order valence-electron chi connectivity index (χ4n) is 3.01.